The number of carbonyl (C=O) groups is 2. The first-order valence-corrected chi connectivity index (χ1v) is 10.1. The quantitative estimate of drug-likeness (QED) is 0.631. The lowest BCUT2D eigenvalue weighted by molar-refractivity contribution is -0.128. The van der Waals surface area contributed by atoms with Crippen molar-refractivity contribution < 1.29 is 9.59 Å². The van der Waals surface area contributed by atoms with Crippen molar-refractivity contribution in [3.63, 3.8) is 0 Å². The van der Waals surface area contributed by atoms with Crippen molar-refractivity contribution in [2.24, 2.45) is 4.99 Å². The number of nitrogens with one attached hydrogen (secondary N) is 1. The van der Waals surface area contributed by atoms with E-state index in [1.54, 1.807) is 31.3 Å². The second-order valence-electron chi connectivity index (χ2n) is 5.63. The van der Waals surface area contributed by atoms with E-state index in [1.165, 1.54) is 16.7 Å². The first-order valence-electron chi connectivity index (χ1n) is 7.76. The molecule has 1 aliphatic rings. The molecule has 0 spiro atoms. The molecule has 1 N–H and O–H groups in total. The largest absolute Gasteiger partial charge is 0.325 e. The van der Waals surface area contributed by atoms with E-state index < -0.39 is 5.25 Å². The summed E-state index contributed by atoms with van der Waals surface area (Å²) in [5.41, 5.74) is 1.34. The Hall–Kier alpha value is -1.58. The Morgan fingerprint density at radius 3 is 2.73 bits per heavy atom. The Labute approximate surface area is 174 Å². The van der Waals surface area contributed by atoms with E-state index in [1.807, 2.05) is 24.3 Å². The van der Waals surface area contributed by atoms with Gasteiger partial charge in [-0.2, -0.15) is 0 Å². The van der Waals surface area contributed by atoms with Crippen LogP contribution in [-0.2, 0) is 9.59 Å². The summed E-state index contributed by atoms with van der Waals surface area (Å²) < 4.78 is 1.10. The van der Waals surface area contributed by atoms with Crippen LogP contribution in [0.25, 0.3) is 0 Å². The zero-order chi connectivity index (χ0) is 18.7. The van der Waals surface area contributed by atoms with Gasteiger partial charge in [-0.15, -0.1) is 0 Å². The number of rotatable bonds is 3. The van der Waals surface area contributed by atoms with Gasteiger partial charge in [0.05, 0.1) is 5.69 Å². The summed E-state index contributed by atoms with van der Waals surface area (Å²) in [6, 6.07) is 14.6. The van der Waals surface area contributed by atoms with E-state index >= 15 is 0 Å². The number of benzene rings is 2. The smallest absolute Gasteiger partial charge is 0.238 e. The van der Waals surface area contributed by atoms with E-state index in [0.717, 1.165) is 9.26 Å². The molecule has 2 amide bonds. The normalized spacial score (nSPS) is 18.9. The molecular formula is C18H15ClIN3O2S. The summed E-state index contributed by atoms with van der Waals surface area (Å²) in [6.45, 7) is 0. The van der Waals surface area contributed by atoms with Crippen LogP contribution in [0.2, 0.25) is 5.02 Å². The van der Waals surface area contributed by atoms with E-state index in [4.69, 9.17) is 11.6 Å². The third kappa shape index (κ3) is 4.77. The minimum absolute atomic E-state index is 0.124. The fraction of sp³-hybridized carbons (Fsp3) is 0.167. The van der Waals surface area contributed by atoms with Crippen molar-refractivity contribution in [2.45, 2.75) is 11.7 Å². The standard InChI is InChI=1S/C18H15ClIN3O2S/c1-23-16(24)10-15(17(25)21-14-4-2-3-11(19)9-14)26-18(23)22-13-7-5-12(20)6-8-13/h2-9,15H,10H2,1H3,(H,21,25)/t15-/m1/s1. The molecule has 0 radical (unpaired) electrons. The Bertz CT molecular complexity index is 873. The highest BCUT2D eigenvalue weighted by Crippen LogP contribution is 2.29. The SMILES string of the molecule is CN1C(=O)C[C@H](C(=O)Nc2cccc(Cl)c2)SC1=Nc1ccc(I)cc1. The van der Waals surface area contributed by atoms with Gasteiger partial charge in [0.1, 0.15) is 5.25 Å². The van der Waals surface area contributed by atoms with Gasteiger partial charge < -0.3 is 5.32 Å². The second kappa shape index (κ2) is 8.41. The summed E-state index contributed by atoms with van der Waals surface area (Å²) >= 11 is 9.44. The maximum Gasteiger partial charge on any atom is 0.238 e. The van der Waals surface area contributed by atoms with Crippen molar-refractivity contribution in [3.05, 3.63) is 57.1 Å². The van der Waals surface area contributed by atoms with E-state index in [2.05, 4.69) is 32.9 Å². The summed E-state index contributed by atoms with van der Waals surface area (Å²) in [5.74, 6) is -0.381. The lowest BCUT2D eigenvalue weighted by Gasteiger charge is -2.28. The minimum atomic E-state index is -0.541. The molecule has 0 aliphatic carbocycles. The first-order chi connectivity index (χ1) is 12.4. The molecule has 0 unspecified atom stereocenters. The number of hydrogen-bond acceptors (Lipinski definition) is 4. The number of aliphatic imine (C=N–C) groups is 1. The van der Waals surface area contributed by atoms with Crippen LogP contribution in [-0.4, -0.2) is 34.2 Å². The fourth-order valence-corrected chi connectivity index (χ4v) is 3.93. The third-order valence-corrected chi connectivity index (χ3v) is 5.90. The molecule has 1 heterocycles. The van der Waals surface area contributed by atoms with Gasteiger partial charge in [-0.3, -0.25) is 14.5 Å². The number of anilines is 1. The summed E-state index contributed by atoms with van der Waals surface area (Å²) in [5, 5.41) is 3.31. The highest BCUT2D eigenvalue weighted by atomic mass is 127. The zero-order valence-electron chi connectivity index (χ0n) is 13.8. The highest BCUT2D eigenvalue weighted by Gasteiger charge is 2.34. The third-order valence-electron chi connectivity index (χ3n) is 3.70. The molecular weight excluding hydrogens is 485 g/mol. The van der Waals surface area contributed by atoms with Gasteiger partial charge in [-0.05, 0) is 65.1 Å². The zero-order valence-corrected chi connectivity index (χ0v) is 17.5. The summed E-state index contributed by atoms with van der Waals surface area (Å²) in [6.07, 6.45) is 0.124. The average Bonchev–Trinajstić information content (AvgIpc) is 2.60. The van der Waals surface area contributed by atoms with Gasteiger partial charge in [-0.1, -0.05) is 29.4 Å². The van der Waals surface area contributed by atoms with Crippen LogP contribution in [0.15, 0.2) is 53.5 Å². The van der Waals surface area contributed by atoms with Crippen LogP contribution >= 0.6 is 46.0 Å². The molecule has 2 aromatic carbocycles. The van der Waals surface area contributed by atoms with Gasteiger partial charge in [0.2, 0.25) is 11.8 Å². The molecule has 134 valence electrons. The van der Waals surface area contributed by atoms with Gasteiger partial charge >= 0.3 is 0 Å². The van der Waals surface area contributed by atoms with Crippen LogP contribution in [0, 0.1) is 3.57 Å². The summed E-state index contributed by atoms with van der Waals surface area (Å²) in [4.78, 5) is 30.9. The lowest BCUT2D eigenvalue weighted by atomic mass is 10.2. The number of thioether (sulfide) groups is 1. The van der Waals surface area contributed by atoms with Gasteiger partial charge in [-0.25, -0.2) is 4.99 Å². The lowest BCUT2D eigenvalue weighted by Crippen LogP contribution is -2.43. The monoisotopic (exact) mass is 499 g/mol. The van der Waals surface area contributed by atoms with Gasteiger partial charge in [0, 0.05) is 27.7 Å². The van der Waals surface area contributed by atoms with E-state index in [0.29, 0.717) is 15.9 Å². The topological polar surface area (TPSA) is 61.8 Å². The molecule has 26 heavy (non-hydrogen) atoms. The Morgan fingerprint density at radius 1 is 1.31 bits per heavy atom. The predicted octanol–water partition coefficient (Wildman–Crippen LogP) is 4.53. The van der Waals surface area contributed by atoms with Crippen LogP contribution in [0.5, 0.6) is 0 Å². The van der Waals surface area contributed by atoms with Gasteiger partial charge in [0.25, 0.3) is 0 Å². The number of nitrogens with zero attached hydrogens (tertiary/aromatic N) is 2. The molecule has 1 fully saturated rings. The van der Waals surface area contributed by atoms with Crippen LogP contribution in [0.3, 0.4) is 0 Å². The highest BCUT2D eigenvalue weighted by molar-refractivity contribution is 14.1. The molecule has 1 atom stereocenters. The molecule has 1 aliphatic heterocycles. The molecule has 0 aromatic heterocycles. The number of hydrogen-bond donors (Lipinski definition) is 1. The van der Waals surface area contributed by atoms with Crippen molar-refractivity contribution in [1.29, 1.82) is 0 Å². The van der Waals surface area contributed by atoms with Crippen molar-refractivity contribution in [2.75, 3.05) is 12.4 Å². The van der Waals surface area contributed by atoms with E-state index in [-0.39, 0.29) is 18.2 Å². The Morgan fingerprint density at radius 2 is 2.04 bits per heavy atom. The minimum Gasteiger partial charge on any atom is -0.325 e. The van der Waals surface area contributed by atoms with Crippen LogP contribution < -0.4 is 5.32 Å². The average molecular weight is 500 g/mol. The Balaban J connectivity index is 1.77. The van der Waals surface area contributed by atoms with Crippen molar-refractivity contribution in [3.8, 4) is 0 Å². The molecule has 3 rings (SSSR count). The maximum absolute atomic E-state index is 12.6. The molecule has 0 bridgehead atoms. The number of halogens is 2. The second-order valence-corrected chi connectivity index (χ2v) is 8.49. The maximum atomic E-state index is 12.6. The van der Waals surface area contributed by atoms with Crippen LogP contribution in [0.1, 0.15) is 6.42 Å². The summed E-state index contributed by atoms with van der Waals surface area (Å²) in [7, 11) is 1.67. The molecule has 1 saturated heterocycles. The van der Waals surface area contributed by atoms with Crippen molar-refractivity contribution >= 4 is 74.3 Å². The van der Waals surface area contributed by atoms with Gasteiger partial charge in [0.15, 0.2) is 5.17 Å². The fourth-order valence-electron chi connectivity index (χ4n) is 2.31. The number of carbonyl (C=O) groups excluding carboxylic acids is 2. The molecule has 0 saturated carbocycles. The first kappa shape index (κ1) is 19.2. The van der Waals surface area contributed by atoms with Crippen LogP contribution in [0.4, 0.5) is 11.4 Å². The molecule has 2 aromatic rings. The Kier molecular flexibility index (Phi) is 6.20. The predicted molar refractivity (Wildman–Crippen MR) is 115 cm³/mol. The van der Waals surface area contributed by atoms with Crippen molar-refractivity contribution in [1.82, 2.24) is 4.90 Å². The van der Waals surface area contributed by atoms with E-state index in [9.17, 15) is 9.59 Å². The number of amidine groups is 1. The molecule has 8 heteroatoms. The molecule has 5 nitrogen and oxygen atoms in total. The number of amides is 2.